The number of nitrogens with one attached hydrogen (secondary N) is 1. The molecule has 0 aliphatic carbocycles. The van der Waals surface area contributed by atoms with Crippen LogP contribution in [-0.2, 0) is 0 Å². The maximum atomic E-state index is 13.2. The molecule has 0 heterocycles. The minimum Gasteiger partial charge on any atom is -0.488 e. The molecule has 0 aliphatic heterocycles. The molecule has 0 radical (unpaired) electrons. The van der Waals surface area contributed by atoms with Crippen LogP contribution in [0.5, 0.6) is 5.75 Å². The third kappa shape index (κ3) is 4.05. The zero-order valence-electron chi connectivity index (χ0n) is 12.8. The number of rotatable bonds is 6. The molecule has 3 heteroatoms. The molecule has 112 valence electrons. The summed E-state index contributed by atoms with van der Waals surface area (Å²) in [5.74, 6) is 0.488. The molecule has 21 heavy (non-hydrogen) atoms. The van der Waals surface area contributed by atoms with Crippen LogP contribution in [0, 0.1) is 12.7 Å². The Kier molecular flexibility index (Phi) is 5.34. The van der Waals surface area contributed by atoms with Crippen molar-refractivity contribution in [2.45, 2.75) is 32.9 Å². The highest BCUT2D eigenvalue weighted by atomic mass is 19.1. The number of hydrogen-bond acceptors (Lipinski definition) is 2. The van der Waals surface area contributed by atoms with E-state index in [1.54, 1.807) is 6.07 Å². The van der Waals surface area contributed by atoms with Crippen LogP contribution in [0.25, 0.3) is 0 Å². The second kappa shape index (κ2) is 7.23. The maximum absolute atomic E-state index is 13.2. The average molecular weight is 287 g/mol. The van der Waals surface area contributed by atoms with Crippen molar-refractivity contribution >= 4 is 0 Å². The van der Waals surface area contributed by atoms with Gasteiger partial charge in [-0.25, -0.2) is 4.39 Å². The van der Waals surface area contributed by atoms with Crippen LogP contribution in [-0.4, -0.2) is 12.6 Å². The van der Waals surface area contributed by atoms with Gasteiger partial charge in [0.05, 0.1) is 6.04 Å². The van der Waals surface area contributed by atoms with Crippen LogP contribution in [0.1, 0.15) is 31.0 Å². The number of benzene rings is 2. The highest BCUT2D eigenvalue weighted by molar-refractivity contribution is 5.33. The number of halogens is 1. The van der Waals surface area contributed by atoms with Crippen LogP contribution in [0.3, 0.4) is 0 Å². The first kappa shape index (κ1) is 15.5. The van der Waals surface area contributed by atoms with Crippen molar-refractivity contribution in [2.24, 2.45) is 0 Å². The fourth-order valence-corrected chi connectivity index (χ4v) is 2.45. The minimum atomic E-state index is -0.237. The van der Waals surface area contributed by atoms with E-state index in [4.69, 9.17) is 4.74 Å². The summed E-state index contributed by atoms with van der Waals surface area (Å²) in [5, 5.41) is 3.45. The number of likely N-dealkylation sites (N-methyl/N-ethyl adjacent to an activating group) is 1. The van der Waals surface area contributed by atoms with Crippen LogP contribution in [0.4, 0.5) is 4.39 Å². The van der Waals surface area contributed by atoms with E-state index in [1.807, 2.05) is 32.0 Å². The van der Waals surface area contributed by atoms with Gasteiger partial charge in [0.15, 0.2) is 0 Å². The number of aryl methyl sites for hydroxylation is 1. The van der Waals surface area contributed by atoms with E-state index in [1.165, 1.54) is 17.7 Å². The first-order chi connectivity index (χ1) is 10.1. The number of ether oxygens (including phenoxy) is 1. The van der Waals surface area contributed by atoms with E-state index in [9.17, 15) is 4.39 Å². The fraction of sp³-hybridized carbons (Fsp3) is 0.333. The topological polar surface area (TPSA) is 21.3 Å². The average Bonchev–Trinajstić information content (AvgIpc) is 2.48. The van der Waals surface area contributed by atoms with Crippen molar-refractivity contribution in [3.05, 3.63) is 65.5 Å². The molecule has 1 N–H and O–H groups in total. The summed E-state index contributed by atoms with van der Waals surface area (Å²) in [5.41, 5.74) is 2.00. The Balaban J connectivity index is 2.17. The van der Waals surface area contributed by atoms with Gasteiger partial charge in [-0.05, 0) is 49.7 Å². The zero-order chi connectivity index (χ0) is 15.2. The lowest BCUT2D eigenvalue weighted by Crippen LogP contribution is -2.33. The summed E-state index contributed by atoms with van der Waals surface area (Å²) in [6.45, 7) is 6.82. The highest BCUT2D eigenvalue weighted by Crippen LogP contribution is 2.25. The molecule has 0 saturated heterocycles. The van der Waals surface area contributed by atoms with E-state index >= 15 is 0 Å². The van der Waals surface area contributed by atoms with Gasteiger partial charge in [-0.1, -0.05) is 37.3 Å². The van der Waals surface area contributed by atoms with Gasteiger partial charge in [0.25, 0.3) is 0 Å². The Bertz CT molecular complexity index is 571. The van der Waals surface area contributed by atoms with Crippen LogP contribution < -0.4 is 10.1 Å². The molecule has 0 aromatic heterocycles. The smallest absolute Gasteiger partial charge is 0.123 e. The number of hydrogen-bond donors (Lipinski definition) is 1. The molecule has 2 aromatic rings. The van der Waals surface area contributed by atoms with Gasteiger partial charge in [0.1, 0.15) is 17.7 Å². The van der Waals surface area contributed by atoms with E-state index in [0.717, 1.165) is 17.9 Å². The fourth-order valence-electron chi connectivity index (χ4n) is 2.45. The van der Waals surface area contributed by atoms with Crippen LogP contribution in [0.2, 0.25) is 0 Å². The summed E-state index contributed by atoms with van der Waals surface area (Å²) in [6.07, 6.45) is -0.0588. The summed E-state index contributed by atoms with van der Waals surface area (Å²) < 4.78 is 19.2. The van der Waals surface area contributed by atoms with Crippen molar-refractivity contribution < 1.29 is 9.13 Å². The molecule has 0 aliphatic rings. The molecule has 2 unspecified atom stereocenters. The molecule has 2 nitrogen and oxygen atoms in total. The lowest BCUT2D eigenvalue weighted by molar-refractivity contribution is 0.170. The second-order valence-electron chi connectivity index (χ2n) is 5.18. The minimum absolute atomic E-state index is 0.0588. The van der Waals surface area contributed by atoms with Gasteiger partial charge >= 0.3 is 0 Å². The monoisotopic (exact) mass is 287 g/mol. The van der Waals surface area contributed by atoms with Gasteiger partial charge < -0.3 is 10.1 Å². The summed E-state index contributed by atoms with van der Waals surface area (Å²) in [7, 11) is 0. The highest BCUT2D eigenvalue weighted by Gasteiger charge is 2.20. The maximum Gasteiger partial charge on any atom is 0.123 e. The summed E-state index contributed by atoms with van der Waals surface area (Å²) in [4.78, 5) is 0. The molecule has 0 bridgehead atoms. The predicted molar refractivity (Wildman–Crippen MR) is 84.1 cm³/mol. The molecule has 0 spiro atoms. The van der Waals surface area contributed by atoms with Crippen molar-refractivity contribution in [2.75, 3.05) is 6.54 Å². The standard InChI is InChI=1S/C18H22FNO/c1-4-20-18(15-8-6-5-7-9-15)14(3)21-17-11-10-16(19)12-13(17)2/h5-12,14,18,20H,4H2,1-3H3. The Morgan fingerprint density at radius 2 is 1.86 bits per heavy atom. The SMILES string of the molecule is CCNC(c1ccccc1)C(C)Oc1ccc(F)cc1C. The van der Waals surface area contributed by atoms with Crippen LogP contribution >= 0.6 is 0 Å². The van der Waals surface area contributed by atoms with Crippen molar-refractivity contribution in [1.29, 1.82) is 0 Å². The largest absolute Gasteiger partial charge is 0.488 e. The molecule has 2 aromatic carbocycles. The molecule has 2 atom stereocenters. The molecular formula is C18H22FNO. The molecular weight excluding hydrogens is 265 g/mol. The molecule has 0 amide bonds. The molecule has 0 fully saturated rings. The Hall–Kier alpha value is -1.87. The molecule has 2 rings (SSSR count). The normalized spacial score (nSPS) is 13.7. The van der Waals surface area contributed by atoms with Gasteiger partial charge in [0, 0.05) is 0 Å². The zero-order valence-corrected chi connectivity index (χ0v) is 12.8. The first-order valence-corrected chi connectivity index (χ1v) is 7.33. The lowest BCUT2D eigenvalue weighted by atomic mass is 10.0. The second-order valence-corrected chi connectivity index (χ2v) is 5.18. The van der Waals surface area contributed by atoms with Crippen molar-refractivity contribution in [3.8, 4) is 5.75 Å². The lowest BCUT2D eigenvalue weighted by Gasteiger charge is -2.26. The third-order valence-electron chi connectivity index (χ3n) is 3.50. The van der Waals surface area contributed by atoms with Gasteiger partial charge in [-0.2, -0.15) is 0 Å². The Morgan fingerprint density at radius 1 is 1.14 bits per heavy atom. The summed E-state index contributed by atoms with van der Waals surface area (Å²) >= 11 is 0. The van der Waals surface area contributed by atoms with Crippen molar-refractivity contribution in [1.82, 2.24) is 5.32 Å². The first-order valence-electron chi connectivity index (χ1n) is 7.33. The van der Waals surface area contributed by atoms with Gasteiger partial charge in [0.2, 0.25) is 0 Å². The van der Waals surface area contributed by atoms with Crippen molar-refractivity contribution in [3.63, 3.8) is 0 Å². The van der Waals surface area contributed by atoms with E-state index < -0.39 is 0 Å². The Morgan fingerprint density at radius 3 is 2.48 bits per heavy atom. The third-order valence-corrected chi connectivity index (χ3v) is 3.50. The van der Waals surface area contributed by atoms with Crippen LogP contribution in [0.15, 0.2) is 48.5 Å². The van der Waals surface area contributed by atoms with E-state index in [0.29, 0.717) is 0 Å². The summed E-state index contributed by atoms with van der Waals surface area (Å²) in [6, 6.07) is 14.9. The molecule has 0 saturated carbocycles. The van der Waals surface area contributed by atoms with E-state index in [-0.39, 0.29) is 18.0 Å². The quantitative estimate of drug-likeness (QED) is 0.857. The van der Waals surface area contributed by atoms with E-state index in [2.05, 4.69) is 24.4 Å². The van der Waals surface area contributed by atoms with Gasteiger partial charge in [-0.15, -0.1) is 0 Å². The van der Waals surface area contributed by atoms with Gasteiger partial charge in [-0.3, -0.25) is 0 Å². The predicted octanol–water partition coefficient (Wildman–Crippen LogP) is 4.25. The Labute approximate surface area is 126 Å².